The lowest BCUT2D eigenvalue weighted by Gasteiger charge is -2.20. The van der Waals surface area contributed by atoms with Crippen LogP contribution in [0.25, 0.3) is 0 Å². The van der Waals surface area contributed by atoms with Gasteiger partial charge in [-0.25, -0.2) is 0 Å². The Balaban J connectivity index is 0.000000297. The molecule has 19 heavy (non-hydrogen) atoms. The van der Waals surface area contributed by atoms with Crippen LogP contribution in [0.15, 0.2) is 52.3 Å². The van der Waals surface area contributed by atoms with E-state index in [2.05, 4.69) is 46.7 Å². The standard InChI is InChI=1S/C12H8ClNS.CCl2O/c13-8-5-6-12-10(7-8)14-9-3-1-2-4-11(9)15-12;2-1(3)4/h1-7,14H;. The van der Waals surface area contributed by atoms with Crippen LogP contribution in [0.3, 0.4) is 0 Å². The Hall–Kier alpha value is -0.870. The third kappa shape index (κ3) is 4.05. The number of halogens is 3. The fraction of sp³-hybridized carbons (Fsp3) is 0. The van der Waals surface area contributed by atoms with Gasteiger partial charge in [0.15, 0.2) is 0 Å². The van der Waals surface area contributed by atoms with Crippen molar-refractivity contribution in [2.75, 3.05) is 5.32 Å². The van der Waals surface area contributed by atoms with Crippen molar-refractivity contribution in [1.29, 1.82) is 0 Å². The van der Waals surface area contributed by atoms with Crippen LogP contribution in [0, 0.1) is 0 Å². The lowest BCUT2D eigenvalue weighted by molar-refractivity contribution is 0.275. The minimum absolute atomic E-state index is 0.765. The lowest BCUT2D eigenvalue weighted by atomic mass is 10.2. The first-order valence-electron chi connectivity index (χ1n) is 5.24. The largest absolute Gasteiger partial charge is 0.354 e. The summed E-state index contributed by atoms with van der Waals surface area (Å²) in [5.41, 5.74) is 2.24. The molecule has 0 unspecified atom stereocenters. The number of benzene rings is 2. The van der Waals surface area contributed by atoms with E-state index in [9.17, 15) is 0 Å². The Labute approximate surface area is 130 Å². The van der Waals surface area contributed by atoms with Crippen LogP contribution in [-0.4, -0.2) is 4.70 Å². The Morgan fingerprint density at radius 1 is 1.00 bits per heavy atom. The molecular weight excluding hydrogens is 325 g/mol. The molecule has 2 aromatic carbocycles. The molecule has 2 aromatic rings. The normalized spacial score (nSPS) is 11.3. The number of hydrogen-bond donors (Lipinski definition) is 1. The molecule has 98 valence electrons. The SMILES string of the molecule is Clc1ccc2c(c1)Nc1ccccc1S2.O=C(Cl)Cl. The van der Waals surface area contributed by atoms with Gasteiger partial charge in [0.05, 0.1) is 11.4 Å². The molecule has 1 heterocycles. The average molecular weight is 333 g/mol. The van der Waals surface area contributed by atoms with E-state index in [1.165, 1.54) is 9.79 Å². The van der Waals surface area contributed by atoms with E-state index in [1.807, 2.05) is 24.3 Å². The van der Waals surface area contributed by atoms with Crippen molar-refractivity contribution in [3.8, 4) is 0 Å². The van der Waals surface area contributed by atoms with Crippen LogP contribution in [0.4, 0.5) is 16.2 Å². The molecule has 1 aliphatic rings. The van der Waals surface area contributed by atoms with E-state index >= 15 is 0 Å². The van der Waals surface area contributed by atoms with Gasteiger partial charge in [0.25, 0.3) is 0 Å². The average Bonchev–Trinajstić information content (AvgIpc) is 2.35. The van der Waals surface area contributed by atoms with E-state index in [-0.39, 0.29) is 0 Å². The zero-order valence-electron chi connectivity index (χ0n) is 9.49. The number of hydrogen-bond acceptors (Lipinski definition) is 3. The van der Waals surface area contributed by atoms with E-state index < -0.39 is 4.70 Å². The van der Waals surface area contributed by atoms with Crippen molar-refractivity contribution in [1.82, 2.24) is 0 Å². The molecule has 6 heteroatoms. The molecule has 0 radical (unpaired) electrons. The number of nitrogens with one attached hydrogen (secondary N) is 1. The molecule has 0 spiro atoms. The summed E-state index contributed by atoms with van der Waals surface area (Å²) in [5.74, 6) is 0. The van der Waals surface area contributed by atoms with Gasteiger partial charge in [0.1, 0.15) is 0 Å². The Morgan fingerprint density at radius 2 is 1.63 bits per heavy atom. The molecule has 0 aliphatic carbocycles. The highest BCUT2D eigenvalue weighted by Gasteiger charge is 2.14. The molecule has 0 bridgehead atoms. The Kier molecular flexibility index (Phi) is 4.99. The van der Waals surface area contributed by atoms with Crippen molar-refractivity contribution < 1.29 is 4.79 Å². The Morgan fingerprint density at radius 3 is 2.37 bits per heavy atom. The summed E-state index contributed by atoms with van der Waals surface area (Å²) >= 11 is 16.5. The summed E-state index contributed by atoms with van der Waals surface area (Å²) in [6.07, 6.45) is 0. The Bertz CT molecular complexity index is 615. The predicted molar refractivity (Wildman–Crippen MR) is 82.4 cm³/mol. The molecule has 1 aliphatic heterocycles. The number of para-hydroxylation sites is 1. The van der Waals surface area contributed by atoms with Crippen LogP contribution in [0.1, 0.15) is 0 Å². The zero-order chi connectivity index (χ0) is 13.8. The molecule has 0 atom stereocenters. The van der Waals surface area contributed by atoms with Gasteiger partial charge in [-0.2, -0.15) is 0 Å². The number of anilines is 2. The summed E-state index contributed by atoms with van der Waals surface area (Å²) in [6.45, 7) is 0. The van der Waals surface area contributed by atoms with E-state index in [1.54, 1.807) is 11.8 Å². The van der Waals surface area contributed by atoms with Crippen LogP contribution in [0.5, 0.6) is 0 Å². The summed E-state index contributed by atoms with van der Waals surface area (Å²) in [7, 11) is 0. The summed E-state index contributed by atoms with van der Waals surface area (Å²) in [6, 6.07) is 14.2. The van der Waals surface area contributed by atoms with Gasteiger partial charge in [-0.05, 0) is 53.5 Å². The third-order valence-corrected chi connectivity index (χ3v) is 3.70. The minimum atomic E-state index is -0.889. The molecule has 3 rings (SSSR count). The van der Waals surface area contributed by atoms with Gasteiger partial charge < -0.3 is 5.32 Å². The van der Waals surface area contributed by atoms with Gasteiger partial charge in [-0.1, -0.05) is 35.5 Å². The van der Waals surface area contributed by atoms with Gasteiger partial charge in [0.2, 0.25) is 0 Å². The van der Waals surface area contributed by atoms with Crippen LogP contribution >= 0.6 is 46.6 Å². The van der Waals surface area contributed by atoms with Gasteiger partial charge in [-0.15, -0.1) is 0 Å². The van der Waals surface area contributed by atoms with Crippen LogP contribution < -0.4 is 5.32 Å². The van der Waals surface area contributed by atoms with E-state index in [0.717, 1.165) is 16.4 Å². The zero-order valence-corrected chi connectivity index (χ0v) is 12.6. The number of rotatable bonds is 0. The second kappa shape index (κ2) is 6.53. The summed E-state index contributed by atoms with van der Waals surface area (Å²) in [5, 5.41) is 4.14. The number of fused-ring (bicyclic) bond motifs is 2. The molecule has 0 aromatic heterocycles. The molecule has 0 amide bonds. The van der Waals surface area contributed by atoms with Crippen molar-refractivity contribution in [3.63, 3.8) is 0 Å². The highest BCUT2D eigenvalue weighted by molar-refractivity contribution is 7.99. The number of carbonyl (C=O) groups excluding carboxylic acids is 1. The summed E-state index contributed by atoms with van der Waals surface area (Å²) in [4.78, 5) is 11.5. The molecule has 1 N–H and O–H groups in total. The predicted octanol–water partition coefficient (Wildman–Crippen LogP) is 6.13. The van der Waals surface area contributed by atoms with Crippen molar-refractivity contribution in [3.05, 3.63) is 47.5 Å². The third-order valence-electron chi connectivity index (χ3n) is 2.32. The molecule has 0 saturated carbocycles. The van der Waals surface area contributed by atoms with Crippen molar-refractivity contribution >= 4 is 62.6 Å². The molecular formula is C13H8Cl3NOS. The molecule has 0 fully saturated rings. The number of carbonyl (C=O) groups is 1. The molecule has 0 saturated heterocycles. The first-order chi connectivity index (χ1) is 9.06. The fourth-order valence-corrected chi connectivity index (χ4v) is 2.75. The maximum Gasteiger partial charge on any atom is 0.313 e. The lowest BCUT2D eigenvalue weighted by Crippen LogP contribution is -1.98. The fourth-order valence-electron chi connectivity index (χ4n) is 1.61. The van der Waals surface area contributed by atoms with Crippen LogP contribution in [-0.2, 0) is 0 Å². The quantitative estimate of drug-likeness (QED) is 0.502. The smallest absolute Gasteiger partial charge is 0.313 e. The van der Waals surface area contributed by atoms with Gasteiger partial charge in [0, 0.05) is 14.8 Å². The van der Waals surface area contributed by atoms with E-state index in [0.29, 0.717) is 0 Å². The van der Waals surface area contributed by atoms with Crippen LogP contribution in [0.2, 0.25) is 5.02 Å². The second-order valence-corrected chi connectivity index (χ2v) is 5.99. The second-order valence-electron chi connectivity index (χ2n) is 3.59. The molecule has 2 nitrogen and oxygen atoms in total. The monoisotopic (exact) mass is 331 g/mol. The minimum Gasteiger partial charge on any atom is -0.354 e. The van der Waals surface area contributed by atoms with Crippen molar-refractivity contribution in [2.45, 2.75) is 9.79 Å². The maximum atomic E-state index is 8.98. The highest BCUT2D eigenvalue weighted by atomic mass is 35.5. The topological polar surface area (TPSA) is 29.1 Å². The first-order valence-corrected chi connectivity index (χ1v) is 7.20. The van der Waals surface area contributed by atoms with Gasteiger partial charge >= 0.3 is 4.70 Å². The maximum absolute atomic E-state index is 8.98. The summed E-state index contributed by atoms with van der Waals surface area (Å²) < 4.78 is -0.889. The highest BCUT2D eigenvalue weighted by Crippen LogP contribution is 2.44. The van der Waals surface area contributed by atoms with Crippen molar-refractivity contribution in [2.24, 2.45) is 0 Å². The van der Waals surface area contributed by atoms with E-state index in [4.69, 9.17) is 16.4 Å². The van der Waals surface area contributed by atoms with Gasteiger partial charge in [-0.3, -0.25) is 4.79 Å². The first kappa shape index (κ1) is 14.5.